The van der Waals surface area contributed by atoms with E-state index in [1.165, 1.54) is 0 Å². The molecule has 0 spiro atoms. The number of nitrogens with zero attached hydrogens (tertiary/aromatic N) is 1. The SMILES string of the molecule is CCOC(=O)c1c(NCc2ccccc2)nc(-c2ccccc2)[nH]c1=O. The molecule has 6 nitrogen and oxygen atoms in total. The van der Waals surface area contributed by atoms with E-state index in [1.54, 1.807) is 6.92 Å². The zero-order valence-electron chi connectivity index (χ0n) is 14.4. The van der Waals surface area contributed by atoms with Crippen molar-refractivity contribution in [2.24, 2.45) is 0 Å². The van der Waals surface area contributed by atoms with Crippen molar-refractivity contribution in [2.75, 3.05) is 11.9 Å². The number of hydrogen-bond acceptors (Lipinski definition) is 5. The van der Waals surface area contributed by atoms with Crippen molar-refractivity contribution in [1.82, 2.24) is 9.97 Å². The molecule has 26 heavy (non-hydrogen) atoms. The van der Waals surface area contributed by atoms with Crippen LogP contribution in [0.25, 0.3) is 11.4 Å². The van der Waals surface area contributed by atoms with Gasteiger partial charge in [0.25, 0.3) is 5.56 Å². The fourth-order valence-electron chi connectivity index (χ4n) is 2.51. The van der Waals surface area contributed by atoms with Crippen LogP contribution in [0, 0.1) is 0 Å². The maximum Gasteiger partial charge on any atom is 0.347 e. The molecule has 1 aromatic heterocycles. The van der Waals surface area contributed by atoms with E-state index in [2.05, 4.69) is 15.3 Å². The molecule has 2 N–H and O–H groups in total. The summed E-state index contributed by atoms with van der Waals surface area (Å²) in [4.78, 5) is 31.9. The van der Waals surface area contributed by atoms with Crippen molar-refractivity contribution >= 4 is 11.8 Å². The lowest BCUT2D eigenvalue weighted by Crippen LogP contribution is -2.24. The van der Waals surface area contributed by atoms with Gasteiger partial charge < -0.3 is 15.0 Å². The molecule has 0 saturated heterocycles. The average molecular weight is 349 g/mol. The van der Waals surface area contributed by atoms with Crippen LogP contribution in [-0.4, -0.2) is 22.5 Å². The molecule has 0 aliphatic heterocycles. The summed E-state index contributed by atoms with van der Waals surface area (Å²) in [6.45, 7) is 2.30. The molecule has 0 amide bonds. The van der Waals surface area contributed by atoms with Gasteiger partial charge in [-0.15, -0.1) is 0 Å². The molecular formula is C20H19N3O3. The number of H-pyrrole nitrogens is 1. The number of carbonyl (C=O) groups is 1. The number of carbonyl (C=O) groups excluding carboxylic acids is 1. The van der Waals surface area contributed by atoms with Crippen molar-refractivity contribution < 1.29 is 9.53 Å². The van der Waals surface area contributed by atoms with E-state index in [0.29, 0.717) is 12.4 Å². The van der Waals surface area contributed by atoms with Gasteiger partial charge in [-0.1, -0.05) is 60.7 Å². The number of aromatic nitrogens is 2. The van der Waals surface area contributed by atoms with Crippen LogP contribution in [0.1, 0.15) is 22.8 Å². The first kappa shape index (κ1) is 17.4. The lowest BCUT2D eigenvalue weighted by Gasteiger charge is -2.12. The maximum atomic E-state index is 12.5. The van der Waals surface area contributed by atoms with Gasteiger partial charge in [0, 0.05) is 12.1 Å². The van der Waals surface area contributed by atoms with Crippen LogP contribution in [0.4, 0.5) is 5.82 Å². The van der Waals surface area contributed by atoms with E-state index in [9.17, 15) is 9.59 Å². The first-order chi connectivity index (χ1) is 12.7. The Morgan fingerprint density at radius 1 is 1.08 bits per heavy atom. The molecular weight excluding hydrogens is 330 g/mol. The van der Waals surface area contributed by atoms with Crippen LogP contribution in [0.5, 0.6) is 0 Å². The Morgan fingerprint density at radius 2 is 1.73 bits per heavy atom. The molecule has 0 fully saturated rings. The van der Waals surface area contributed by atoms with E-state index in [4.69, 9.17) is 4.74 Å². The highest BCUT2D eigenvalue weighted by Gasteiger charge is 2.20. The van der Waals surface area contributed by atoms with Crippen molar-refractivity contribution in [1.29, 1.82) is 0 Å². The van der Waals surface area contributed by atoms with E-state index in [0.717, 1.165) is 11.1 Å². The monoisotopic (exact) mass is 349 g/mol. The summed E-state index contributed by atoms with van der Waals surface area (Å²) < 4.78 is 5.01. The molecule has 0 radical (unpaired) electrons. The number of anilines is 1. The molecule has 0 saturated carbocycles. The average Bonchev–Trinajstić information content (AvgIpc) is 2.67. The normalized spacial score (nSPS) is 10.3. The Hall–Kier alpha value is -3.41. The molecule has 6 heteroatoms. The van der Waals surface area contributed by atoms with E-state index >= 15 is 0 Å². The largest absolute Gasteiger partial charge is 0.462 e. The molecule has 132 valence electrons. The number of rotatable bonds is 6. The van der Waals surface area contributed by atoms with Crippen molar-refractivity contribution in [3.05, 3.63) is 82.1 Å². The highest BCUT2D eigenvalue weighted by molar-refractivity contribution is 5.94. The molecule has 2 aromatic carbocycles. The predicted molar refractivity (Wildman–Crippen MR) is 100 cm³/mol. The smallest absolute Gasteiger partial charge is 0.347 e. The first-order valence-electron chi connectivity index (χ1n) is 8.33. The molecule has 0 aliphatic carbocycles. The molecule has 0 bridgehead atoms. The van der Waals surface area contributed by atoms with Gasteiger partial charge in [-0.05, 0) is 12.5 Å². The van der Waals surface area contributed by atoms with Crippen LogP contribution in [0.3, 0.4) is 0 Å². The Bertz CT molecular complexity index is 938. The quantitative estimate of drug-likeness (QED) is 0.668. The van der Waals surface area contributed by atoms with Gasteiger partial charge in [0.1, 0.15) is 11.6 Å². The minimum Gasteiger partial charge on any atom is -0.462 e. The Kier molecular flexibility index (Phi) is 5.43. The Balaban J connectivity index is 2.00. The molecule has 0 aliphatic rings. The second-order valence-electron chi connectivity index (χ2n) is 5.56. The summed E-state index contributed by atoms with van der Waals surface area (Å²) in [5.74, 6) is -0.106. The second-order valence-corrected chi connectivity index (χ2v) is 5.56. The summed E-state index contributed by atoms with van der Waals surface area (Å²) in [6.07, 6.45) is 0. The van der Waals surface area contributed by atoms with Gasteiger partial charge in [0.15, 0.2) is 5.56 Å². The molecule has 1 heterocycles. The standard InChI is InChI=1S/C20H19N3O3/c1-2-26-20(25)16-18(21-13-14-9-5-3-6-10-14)22-17(23-19(16)24)15-11-7-4-8-12-15/h3-12H,2,13H2,1H3,(H2,21,22,23,24). The minimum atomic E-state index is -0.698. The van der Waals surface area contributed by atoms with Crippen LogP contribution in [0.15, 0.2) is 65.5 Å². The third kappa shape index (κ3) is 3.97. The third-order valence-electron chi connectivity index (χ3n) is 3.75. The number of benzene rings is 2. The van der Waals surface area contributed by atoms with Crippen LogP contribution < -0.4 is 10.9 Å². The van der Waals surface area contributed by atoms with E-state index in [1.807, 2.05) is 60.7 Å². The highest BCUT2D eigenvalue weighted by Crippen LogP contribution is 2.18. The van der Waals surface area contributed by atoms with Crippen molar-refractivity contribution in [3.63, 3.8) is 0 Å². The Morgan fingerprint density at radius 3 is 2.38 bits per heavy atom. The summed E-state index contributed by atoms with van der Waals surface area (Å²) in [6, 6.07) is 18.9. The van der Waals surface area contributed by atoms with Gasteiger partial charge in [0.2, 0.25) is 0 Å². The van der Waals surface area contributed by atoms with Gasteiger partial charge in [0.05, 0.1) is 6.61 Å². The van der Waals surface area contributed by atoms with Crippen LogP contribution in [0.2, 0.25) is 0 Å². The summed E-state index contributed by atoms with van der Waals surface area (Å²) >= 11 is 0. The number of esters is 1. The zero-order valence-corrected chi connectivity index (χ0v) is 14.4. The second kappa shape index (κ2) is 8.11. The molecule has 3 aromatic rings. The fourth-order valence-corrected chi connectivity index (χ4v) is 2.51. The summed E-state index contributed by atoms with van der Waals surface area (Å²) in [5, 5.41) is 3.09. The Labute approximate surface area is 150 Å². The fraction of sp³-hybridized carbons (Fsp3) is 0.150. The lowest BCUT2D eigenvalue weighted by molar-refractivity contribution is 0.0525. The van der Waals surface area contributed by atoms with Crippen LogP contribution in [-0.2, 0) is 11.3 Å². The van der Waals surface area contributed by atoms with Gasteiger partial charge in [-0.2, -0.15) is 0 Å². The van der Waals surface area contributed by atoms with Crippen molar-refractivity contribution in [2.45, 2.75) is 13.5 Å². The minimum absolute atomic E-state index is 0.123. The lowest BCUT2D eigenvalue weighted by atomic mass is 10.2. The zero-order chi connectivity index (χ0) is 18.4. The molecule has 0 unspecified atom stereocenters. The van der Waals surface area contributed by atoms with E-state index in [-0.39, 0.29) is 18.0 Å². The van der Waals surface area contributed by atoms with Gasteiger partial charge in [-0.3, -0.25) is 4.79 Å². The third-order valence-corrected chi connectivity index (χ3v) is 3.75. The predicted octanol–water partition coefficient (Wildman–Crippen LogP) is 3.23. The van der Waals surface area contributed by atoms with Crippen molar-refractivity contribution in [3.8, 4) is 11.4 Å². The first-order valence-corrected chi connectivity index (χ1v) is 8.33. The number of nitrogens with one attached hydrogen (secondary N) is 2. The molecule has 3 rings (SSSR count). The summed E-state index contributed by atoms with van der Waals surface area (Å²) in [7, 11) is 0. The summed E-state index contributed by atoms with van der Waals surface area (Å²) in [5.41, 5.74) is 1.10. The molecule has 0 atom stereocenters. The number of hydrogen-bond donors (Lipinski definition) is 2. The van der Waals surface area contributed by atoms with Crippen LogP contribution >= 0.6 is 0 Å². The number of aromatic amines is 1. The highest BCUT2D eigenvalue weighted by atomic mass is 16.5. The van der Waals surface area contributed by atoms with Gasteiger partial charge in [-0.25, -0.2) is 9.78 Å². The van der Waals surface area contributed by atoms with Gasteiger partial charge >= 0.3 is 5.97 Å². The maximum absolute atomic E-state index is 12.5. The number of ether oxygens (including phenoxy) is 1. The topological polar surface area (TPSA) is 84.1 Å². The van der Waals surface area contributed by atoms with E-state index < -0.39 is 11.5 Å².